The Morgan fingerprint density at radius 3 is 2.76 bits per heavy atom. The van der Waals surface area contributed by atoms with Crippen LogP contribution in [0.15, 0.2) is 36.5 Å². The second-order valence-electron chi connectivity index (χ2n) is 3.69. The fourth-order valence-electron chi connectivity index (χ4n) is 1.45. The zero-order chi connectivity index (χ0) is 12.3. The molecule has 1 heterocycles. The number of aromatic nitrogens is 1. The molecule has 0 amide bonds. The molecule has 1 aromatic carbocycles. The summed E-state index contributed by atoms with van der Waals surface area (Å²) in [6.45, 7) is 2.31. The number of nitrogens with two attached hydrogens (primary N) is 1. The zero-order valence-electron chi connectivity index (χ0n) is 9.48. The van der Waals surface area contributed by atoms with Gasteiger partial charge in [-0.25, -0.2) is 0 Å². The molecule has 17 heavy (non-hydrogen) atoms. The minimum Gasteiger partial charge on any atom is -0.455 e. The largest absolute Gasteiger partial charge is 0.455 e. The average molecular weight is 249 g/mol. The molecular formula is C13H13ClN2O. The number of benzene rings is 1. The van der Waals surface area contributed by atoms with Crippen LogP contribution >= 0.6 is 11.6 Å². The summed E-state index contributed by atoms with van der Waals surface area (Å²) in [6.07, 6.45) is 1.68. The predicted molar refractivity (Wildman–Crippen MR) is 68.4 cm³/mol. The molecule has 2 rings (SSSR count). The standard InChI is InChI=1S/C13H13ClN2O/c1-9-2-4-12(8-16-9)17-13-5-3-11(14)6-10(13)7-15/h2-6,8H,7,15H2,1H3. The number of aryl methyl sites for hydroxylation is 1. The number of ether oxygens (including phenoxy) is 1. The molecule has 2 N–H and O–H groups in total. The molecule has 88 valence electrons. The van der Waals surface area contributed by atoms with Crippen LogP contribution < -0.4 is 10.5 Å². The minimum absolute atomic E-state index is 0.384. The third-order valence-electron chi connectivity index (χ3n) is 2.35. The van der Waals surface area contributed by atoms with Crippen LogP contribution in [-0.4, -0.2) is 4.98 Å². The van der Waals surface area contributed by atoms with Crippen molar-refractivity contribution in [1.29, 1.82) is 0 Å². The van der Waals surface area contributed by atoms with Crippen LogP contribution in [-0.2, 0) is 6.54 Å². The highest BCUT2D eigenvalue weighted by Crippen LogP contribution is 2.27. The van der Waals surface area contributed by atoms with E-state index in [2.05, 4.69) is 4.98 Å². The first-order valence-electron chi connectivity index (χ1n) is 5.28. The number of halogens is 1. The second kappa shape index (κ2) is 5.17. The molecule has 1 aromatic heterocycles. The highest BCUT2D eigenvalue weighted by molar-refractivity contribution is 6.30. The van der Waals surface area contributed by atoms with Crippen LogP contribution in [0.3, 0.4) is 0 Å². The van der Waals surface area contributed by atoms with E-state index in [1.165, 1.54) is 0 Å². The summed E-state index contributed by atoms with van der Waals surface area (Å²) in [4.78, 5) is 4.17. The Morgan fingerprint density at radius 2 is 2.12 bits per heavy atom. The first kappa shape index (κ1) is 11.9. The van der Waals surface area contributed by atoms with Crippen LogP contribution in [0.5, 0.6) is 11.5 Å². The molecular weight excluding hydrogens is 236 g/mol. The van der Waals surface area contributed by atoms with E-state index in [0.717, 1.165) is 11.3 Å². The summed E-state index contributed by atoms with van der Waals surface area (Å²) in [5.41, 5.74) is 7.47. The molecule has 3 nitrogen and oxygen atoms in total. The van der Waals surface area contributed by atoms with Crippen LogP contribution in [0, 0.1) is 6.92 Å². The third kappa shape index (κ3) is 2.96. The van der Waals surface area contributed by atoms with E-state index < -0.39 is 0 Å². The van der Waals surface area contributed by atoms with Crippen molar-refractivity contribution in [2.45, 2.75) is 13.5 Å². The Bertz CT molecular complexity index is 511. The van der Waals surface area contributed by atoms with E-state index in [-0.39, 0.29) is 0 Å². The average Bonchev–Trinajstić information content (AvgIpc) is 2.34. The summed E-state index contributed by atoms with van der Waals surface area (Å²) >= 11 is 5.90. The maximum absolute atomic E-state index is 5.90. The van der Waals surface area contributed by atoms with Gasteiger partial charge < -0.3 is 10.5 Å². The van der Waals surface area contributed by atoms with Gasteiger partial charge in [-0.05, 0) is 37.3 Å². The topological polar surface area (TPSA) is 48.1 Å². The lowest BCUT2D eigenvalue weighted by Gasteiger charge is -2.10. The van der Waals surface area contributed by atoms with Crippen LogP contribution in [0.4, 0.5) is 0 Å². The Labute approximate surface area is 105 Å². The molecule has 0 radical (unpaired) electrons. The number of pyridine rings is 1. The first-order chi connectivity index (χ1) is 8.19. The minimum atomic E-state index is 0.384. The summed E-state index contributed by atoms with van der Waals surface area (Å²) in [7, 11) is 0. The van der Waals surface area contributed by atoms with Crippen molar-refractivity contribution in [1.82, 2.24) is 4.98 Å². The molecule has 2 aromatic rings. The van der Waals surface area contributed by atoms with Gasteiger partial charge in [0.25, 0.3) is 0 Å². The second-order valence-corrected chi connectivity index (χ2v) is 4.13. The van der Waals surface area contributed by atoms with Gasteiger partial charge in [0.2, 0.25) is 0 Å². The van der Waals surface area contributed by atoms with Crippen molar-refractivity contribution < 1.29 is 4.74 Å². The monoisotopic (exact) mass is 248 g/mol. The summed E-state index contributed by atoms with van der Waals surface area (Å²) in [6, 6.07) is 9.16. The Kier molecular flexibility index (Phi) is 3.61. The van der Waals surface area contributed by atoms with E-state index in [1.54, 1.807) is 18.3 Å². The summed E-state index contributed by atoms with van der Waals surface area (Å²) in [5.74, 6) is 1.40. The smallest absolute Gasteiger partial charge is 0.145 e. The van der Waals surface area contributed by atoms with Crippen molar-refractivity contribution in [2.24, 2.45) is 5.73 Å². The maximum atomic E-state index is 5.90. The van der Waals surface area contributed by atoms with Gasteiger partial charge >= 0.3 is 0 Å². The van der Waals surface area contributed by atoms with E-state index in [4.69, 9.17) is 22.1 Å². The molecule has 0 fully saturated rings. The molecule has 0 aliphatic rings. The molecule has 0 atom stereocenters. The molecule has 0 bridgehead atoms. The molecule has 0 aliphatic heterocycles. The van der Waals surface area contributed by atoms with Crippen molar-refractivity contribution in [3.05, 3.63) is 52.8 Å². The van der Waals surface area contributed by atoms with Crippen LogP contribution in [0.1, 0.15) is 11.3 Å². The number of hydrogen-bond acceptors (Lipinski definition) is 3. The van der Waals surface area contributed by atoms with Crippen molar-refractivity contribution in [2.75, 3.05) is 0 Å². The summed E-state index contributed by atoms with van der Waals surface area (Å²) < 4.78 is 5.71. The number of hydrogen-bond donors (Lipinski definition) is 1. The fraction of sp³-hybridized carbons (Fsp3) is 0.154. The highest BCUT2D eigenvalue weighted by atomic mass is 35.5. The van der Waals surface area contributed by atoms with E-state index >= 15 is 0 Å². The quantitative estimate of drug-likeness (QED) is 0.907. The first-order valence-corrected chi connectivity index (χ1v) is 5.66. The van der Waals surface area contributed by atoms with E-state index in [9.17, 15) is 0 Å². The van der Waals surface area contributed by atoms with Crippen LogP contribution in [0.2, 0.25) is 5.02 Å². The number of nitrogens with zero attached hydrogens (tertiary/aromatic N) is 1. The lowest BCUT2D eigenvalue weighted by Crippen LogP contribution is -1.99. The van der Waals surface area contributed by atoms with E-state index in [1.807, 2.05) is 25.1 Å². The Balaban J connectivity index is 2.26. The van der Waals surface area contributed by atoms with Gasteiger partial charge in [-0.15, -0.1) is 0 Å². The van der Waals surface area contributed by atoms with Gasteiger partial charge in [0.05, 0.1) is 6.20 Å². The Morgan fingerprint density at radius 1 is 1.29 bits per heavy atom. The lowest BCUT2D eigenvalue weighted by molar-refractivity contribution is 0.474. The van der Waals surface area contributed by atoms with Gasteiger partial charge in [0.1, 0.15) is 11.5 Å². The highest BCUT2D eigenvalue weighted by Gasteiger charge is 2.04. The van der Waals surface area contributed by atoms with Gasteiger partial charge in [-0.3, -0.25) is 4.98 Å². The zero-order valence-corrected chi connectivity index (χ0v) is 10.2. The van der Waals surface area contributed by atoms with Crippen molar-refractivity contribution in [3.8, 4) is 11.5 Å². The van der Waals surface area contributed by atoms with E-state index in [0.29, 0.717) is 23.1 Å². The fourth-order valence-corrected chi connectivity index (χ4v) is 1.64. The third-order valence-corrected chi connectivity index (χ3v) is 2.59. The molecule has 0 aliphatic carbocycles. The van der Waals surface area contributed by atoms with Gasteiger partial charge in [0.15, 0.2) is 0 Å². The van der Waals surface area contributed by atoms with Crippen molar-refractivity contribution >= 4 is 11.6 Å². The van der Waals surface area contributed by atoms with Crippen molar-refractivity contribution in [3.63, 3.8) is 0 Å². The van der Waals surface area contributed by atoms with Gasteiger partial charge in [-0.2, -0.15) is 0 Å². The number of rotatable bonds is 3. The normalized spacial score (nSPS) is 10.3. The maximum Gasteiger partial charge on any atom is 0.145 e. The van der Waals surface area contributed by atoms with Crippen LogP contribution in [0.25, 0.3) is 0 Å². The predicted octanol–water partition coefficient (Wildman–Crippen LogP) is 3.29. The Hall–Kier alpha value is -1.58. The summed E-state index contributed by atoms with van der Waals surface area (Å²) in [5, 5.41) is 0.653. The molecule has 0 saturated carbocycles. The van der Waals surface area contributed by atoms with Gasteiger partial charge in [0, 0.05) is 22.8 Å². The molecule has 0 saturated heterocycles. The molecule has 4 heteroatoms. The SMILES string of the molecule is Cc1ccc(Oc2ccc(Cl)cc2CN)cn1. The molecule has 0 spiro atoms. The molecule has 0 unspecified atom stereocenters. The van der Waals surface area contributed by atoms with Gasteiger partial charge in [-0.1, -0.05) is 11.6 Å². The lowest BCUT2D eigenvalue weighted by atomic mass is 10.2.